The van der Waals surface area contributed by atoms with Crippen LogP contribution in [0.15, 0.2) is 0 Å². The molecule has 0 aromatic carbocycles. The molecule has 0 heterocycles. The molecule has 2 aliphatic rings. The van der Waals surface area contributed by atoms with Crippen molar-refractivity contribution in [2.45, 2.75) is 77.4 Å². The second-order valence-corrected chi connectivity index (χ2v) is 6.45. The van der Waals surface area contributed by atoms with Crippen LogP contribution in [0.3, 0.4) is 0 Å². The SMILES string of the molecule is CCCNC1CC(OCCOCC)C12CCCCCC2. The highest BCUT2D eigenvalue weighted by molar-refractivity contribution is 5.08. The van der Waals surface area contributed by atoms with Gasteiger partial charge in [0.2, 0.25) is 0 Å². The van der Waals surface area contributed by atoms with E-state index in [9.17, 15) is 0 Å². The highest BCUT2D eigenvalue weighted by Gasteiger charge is 2.54. The van der Waals surface area contributed by atoms with Crippen LogP contribution in [-0.2, 0) is 9.47 Å². The molecule has 2 unspecified atom stereocenters. The smallest absolute Gasteiger partial charge is 0.0704 e. The molecule has 0 aromatic rings. The van der Waals surface area contributed by atoms with E-state index in [2.05, 4.69) is 12.2 Å². The maximum Gasteiger partial charge on any atom is 0.0704 e. The Bertz CT molecular complexity index is 260. The predicted molar refractivity (Wildman–Crippen MR) is 83.1 cm³/mol. The van der Waals surface area contributed by atoms with Gasteiger partial charge in [-0.25, -0.2) is 0 Å². The zero-order chi connectivity index (χ0) is 14.3. The first-order chi connectivity index (χ1) is 9.83. The molecule has 0 aliphatic heterocycles. The topological polar surface area (TPSA) is 30.5 Å². The molecule has 0 radical (unpaired) electrons. The summed E-state index contributed by atoms with van der Waals surface area (Å²) in [6.07, 6.45) is 11.2. The fourth-order valence-corrected chi connectivity index (χ4v) is 4.04. The summed E-state index contributed by atoms with van der Waals surface area (Å²) in [7, 11) is 0. The van der Waals surface area contributed by atoms with E-state index in [1.807, 2.05) is 6.92 Å². The molecule has 0 aromatic heterocycles. The van der Waals surface area contributed by atoms with Crippen LogP contribution in [0, 0.1) is 5.41 Å². The summed E-state index contributed by atoms with van der Waals surface area (Å²) in [4.78, 5) is 0. The van der Waals surface area contributed by atoms with Gasteiger partial charge in [0.25, 0.3) is 0 Å². The Morgan fingerprint density at radius 2 is 1.80 bits per heavy atom. The second-order valence-electron chi connectivity index (χ2n) is 6.45. The van der Waals surface area contributed by atoms with Gasteiger partial charge in [-0.3, -0.25) is 0 Å². The van der Waals surface area contributed by atoms with Crippen molar-refractivity contribution < 1.29 is 9.47 Å². The van der Waals surface area contributed by atoms with Gasteiger partial charge in [0, 0.05) is 18.1 Å². The molecule has 20 heavy (non-hydrogen) atoms. The summed E-state index contributed by atoms with van der Waals surface area (Å²) in [5, 5.41) is 3.78. The molecule has 3 nitrogen and oxygen atoms in total. The lowest BCUT2D eigenvalue weighted by Gasteiger charge is -2.56. The minimum Gasteiger partial charge on any atom is -0.379 e. The van der Waals surface area contributed by atoms with E-state index >= 15 is 0 Å². The molecule has 0 amide bonds. The van der Waals surface area contributed by atoms with Crippen LogP contribution in [0.25, 0.3) is 0 Å². The predicted octanol–water partition coefficient (Wildman–Crippen LogP) is 3.52. The van der Waals surface area contributed by atoms with Gasteiger partial charge in [0.05, 0.1) is 19.3 Å². The Balaban J connectivity index is 1.87. The maximum absolute atomic E-state index is 6.17. The number of ether oxygens (including phenoxy) is 2. The summed E-state index contributed by atoms with van der Waals surface area (Å²) in [5.41, 5.74) is 0.428. The number of rotatable bonds is 8. The van der Waals surface area contributed by atoms with Crippen molar-refractivity contribution in [2.75, 3.05) is 26.4 Å². The van der Waals surface area contributed by atoms with Crippen LogP contribution in [-0.4, -0.2) is 38.5 Å². The van der Waals surface area contributed by atoms with Crippen LogP contribution in [0.5, 0.6) is 0 Å². The van der Waals surface area contributed by atoms with Crippen LogP contribution in [0.4, 0.5) is 0 Å². The molecule has 0 bridgehead atoms. The van der Waals surface area contributed by atoms with Crippen molar-refractivity contribution in [3.05, 3.63) is 0 Å². The first kappa shape index (κ1) is 16.3. The van der Waals surface area contributed by atoms with E-state index in [1.54, 1.807) is 0 Å². The van der Waals surface area contributed by atoms with Crippen LogP contribution in [0.2, 0.25) is 0 Å². The lowest BCUT2D eigenvalue weighted by molar-refractivity contribution is -0.150. The molecular formula is C17H33NO2. The van der Waals surface area contributed by atoms with Crippen molar-refractivity contribution in [1.29, 1.82) is 0 Å². The number of hydrogen-bond donors (Lipinski definition) is 1. The van der Waals surface area contributed by atoms with Crippen LogP contribution in [0.1, 0.15) is 65.2 Å². The molecular weight excluding hydrogens is 250 g/mol. The van der Waals surface area contributed by atoms with Gasteiger partial charge in [-0.15, -0.1) is 0 Å². The molecule has 2 atom stereocenters. The third-order valence-corrected chi connectivity index (χ3v) is 5.21. The molecule has 2 fully saturated rings. The number of nitrogens with one attached hydrogen (secondary N) is 1. The van der Waals surface area contributed by atoms with Gasteiger partial charge in [-0.05, 0) is 39.2 Å². The van der Waals surface area contributed by atoms with E-state index in [0.717, 1.165) is 26.4 Å². The van der Waals surface area contributed by atoms with Crippen molar-refractivity contribution in [2.24, 2.45) is 5.41 Å². The highest BCUT2D eigenvalue weighted by atomic mass is 16.5. The third-order valence-electron chi connectivity index (χ3n) is 5.21. The minimum atomic E-state index is 0.428. The lowest BCUT2D eigenvalue weighted by atomic mass is 9.57. The van der Waals surface area contributed by atoms with Crippen LogP contribution < -0.4 is 5.32 Å². The fraction of sp³-hybridized carbons (Fsp3) is 1.00. The monoisotopic (exact) mass is 283 g/mol. The van der Waals surface area contributed by atoms with Crippen molar-refractivity contribution in [1.82, 2.24) is 5.32 Å². The Morgan fingerprint density at radius 1 is 1.05 bits per heavy atom. The summed E-state index contributed by atoms with van der Waals surface area (Å²) in [6, 6.07) is 0.692. The zero-order valence-corrected chi connectivity index (χ0v) is 13.5. The van der Waals surface area contributed by atoms with E-state index < -0.39 is 0 Å². The molecule has 2 rings (SSSR count). The third kappa shape index (κ3) is 3.75. The normalized spacial score (nSPS) is 29.1. The second kappa shape index (κ2) is 8.35. The molecule has 3 heteroatoms. The molecule has 1 spiro atoms. The van der Waals surface area contributed by atoms with Gasteiger partial charge in [0.15, 0.2) is 0 Å². The van der Waals surface area contributed by atoms with E-state index in [4.69, 9.17) is 9.47 Å². The van der Waals surface area contributed by atoms with Gasteiger partial charge < -0.3 is 14.8 Å². The molecule has 1 N–H and O–H groups in total. The zero-order valence-electron chi connectivity index (χ0n) is 13.5. The first-order valence-corrected chi connectivity index (χ1v) is 8.76. The number of hydrogen-bond acceptors (Lipinski definition) is 3. The van der Waals surface area contributed by atoms with Crippen molar-refractivity contribution in [3.8, 4) is 0 Å². The minimum absolute atomic E-state index is 0.428. The highest BCUT2D eigenvalue weighted by Crippen LogP contribution is 2.52. The molecule has 118 valence electrons. The Morgan fingerprint density at radius 3 is 2.45 bits per heavy atom. The molecule has 2 saturated carbocycles. The largest absolute Gasteiger partial charge is 0.379 e. The summed E-state index contributed by atoms with van der Waals surface area (Å²) >= 11 is 0. The standard InChI is InChI=1S/C17H33NO2/c1-3-11-18-15-14-16(20-13-12-19-4-2)17(15)9-7-5-6-8-10-17/h15-16,18H,3-14H2,1-2H3. The summed E-state index contributed by atoms with van der Waals surface area (Å²) in [5.74, 6) is 0. The van der Waals surface area contributed by atoms with Gasteiger partial charge in [0.1, 0.15) is 0 Å². The van der Waals surface area contributed by atoms with Gasteiger partial charge in [-0.2, -0.15) is 0 Å². The van der Waals surface area contributed by atoms with E-state index in [0.29, 0.717) is 17.6 Å². The van der Waals surface area contributed by atoms with E-state index in [1.165, 1.54) is 51.4 Å². The van der Waals surface area contributed by atoms with Crippen molar-refractivity contribution >= 4 is 0 Å². The molecule has 0 saturated heterocycles. The maximum atomic E-state index is 6.17. The Labute approximate surface area is 124 Å². The Kier molecular flexibility index (Phi) is 6.79. The average Bonchev–Trinajstić information content (AvgIpc) is 2.73. The summed E-state index contributed by atoms with van der Waals surface area (Å²) in [6.45, 7) is 7.75. The molecule has 2 aliphatic carbocycles. The van der Waals surface area contributed by atoms with Crippen molar-refractivity contribution in [3.63, 3.8) is 0 Å². The van der Waals surface area contributed by atoms with Gasteiger partial charge in [-0.1, -0.05) is 32.6 Å². The van der Waals surface area contributed by atoms with E-state index in [-0.39, 0.29) is 0 Å². The lowest BCUT2D eigenvalue weighted by Crippen LogP contribution is -2.64. The Hall–Kier alpha value is -0.120. The average molecular weight is 283 g/mol. The quantitative estimate of drug-likeness (QED) is 0.691. The van der Waals surface area contributed by atoms with Gasteiger partial charge >= 0.3 is 0 Å². The van der Waals surface area contributed by atoms with Crippen LogP contribution >= 0.6 is 0 Å². The summed E-state index contributed by atoms with van der Waals surface area (Å²) < 4.78 is 11.6. The first-order valence-electron chi connectivity index (χ1n) is 8.76. The fourth-order valence-electron chi connectivity index (χ4n) is 4.04.